The highest BCUT2D eigenvalue weighted by atomic mass is 16.2. The van der Waals surface area contributed by atoms with Crippen LogP contribution in [0.25, 0.3) is 22.0 Å². The first kappa shape index (κ1) is 18.3. The monoisotopic (exact) mass is 399 g/mol. The van der Waals surface area contributed by atoms with Crippen LogP contribution >= 0.6 is 0 Å². The topological polar surface area (TPSA) is 81.8 Å². The summed E-state index contributed by atoms with van der Waals surface area (Å²) in [4.78, 5) is 30.1. The minimum atomic E-state index is -0.358. The number of hydrogen-bond donors (Lipinski definition) is 1. The fourth-order valence-electron chi connectivity index (χ4n) is 3.97. The smallest absolute Gasteiger partial charge is 0.276 e. The molecule has 7 heteroatoms. The normalized spacial score (nSPS) is 13.2. The molecule has 0 saturated carbocycles. The second-order valence-corrected chi connectivity index (χ2v) is 7.55. The summed E-state index contributed by atoms with van der Waals surface area (Å²) in [7, 11) is 1.55. The number of carbonyl (C=O) groups is 1. The molecular formula is C23H21N5O2. The number of hydrogen-bond acceptors (Lipinski definition) is 4. The summed E-state index contributed by atoms with van der Waals surface area (Å²) in [6, 6.07) is 14.7. The Morgan fingerprint density at radius 1 is 1.07 bits per heavy atom. The number of benzene rings is 2. The van der Waals surface area contributed by atoms with E-state index < -0.39 is 0 Å². The molecule has 1 aliphatic heterocycles. The quantitative estimate of drug-likeness (QED) is 0.573. The molecule has 0 spiro atoms. The Morgan fingerprint density at radius 3 is 2.73 bits per heavy atom. The molecule has 0 atom stereocenters. The van der Waals surface area contributed by atoms with Gasteiger partial charge in [0.15, 0.2) is 5.69 Å². The third-order valence-corrected chi connectivity index (χ3v) is 5.50. The molecule has 150 valence electrons. The Bertz CT molecular complexity index is 1310. The Labute approximate surface area is 173 Å². The van der Waals surface area contributed by atoms with Crippen molar-refractivity contribution in [3.05, 3.63) is 76.6 Å². The van der Waals surface area contributed by atoms with Gasteiger partial charge in [-0.25, -0.2) is 9.67 Å². The van der Waals surface area contributed by atoms with Gasteiger partial charge < -0.3 is 9.88 Å². The van der Waals surface area contributed by atoms with Crippen LogP contribution in [-0.2, 0) is 20.0 Å². The van der Waals surface area contributed by atoms with Crippen LogP contribution < -0.4 is 10.9 Å². The molecule has 7 nitrogen and oxygen atoms in total. The molecule has 2 aromatic carbocycles. The molecule has 0 fully saturated rings. The van der Waals surface area contributed by atoms with Crippen LogP contribution in [0.3, 0.4) is 0 Å². The molecule has 0 saturated heterocycles. The lowest BCUT2D eigenvalue weighted by Crippen LogP contribution is -2.25. The third kappa shape index (κ3) is 3.18. The van der Waals surface area contributed by atoms with E-state index in [2.05, 4.69) is 21.2 Å². The molecule has 0 aliphatic carbocycles. The predicted molar refractivity (Wildman–Crippen MR) is 116 cm³/mol. The molecular weight excluding hydrogens is 378 g/mol. The van der Waals surface area contributed by atoms with Crippen molar-refractivity contribution in [3.8, 4) is 11.3 Å². The fourth-order valence-corrected chi connectivity index (χ4v) is 3.97. The van der Waals surface area contributed by atoms with E-state index in [9.17, 15) is 9.59 Å². The first-order valence-electron chi connectivity index (χ1n) is 10.0. The van der Waals surface area contributed by atoms with Gasteiger partial charge >= 0.3 is 0 Å². The van der Waals surface area contributed by atoms with E-state index in [-0.39, 0.29) is 17.2 Å². The van der Waals surface area contributed by atoms with Gasteiger partial charge in [0.05, 0.1) is 11.1 Å². The number of fused-ring (bicyclic) bond motifs is 2. The van der Waals surface area contributed by atoms with Gasteiger partial charge in [0, 0.05) is 42.8 Å². The summed E-state index contributed by atoms with van der Waals surface area (Å²) in [6.45, 7) is 1.00. The number of imidazole rings is 1. The van der Waals surface area contributed by atoms with E-state index in [0.29, 0.717) is 16.5 Å². The van der Waals surface area contributed by atoms with Crippen LogP contribution in [0.5, 0.6) is 0 Å². The molecule has 3 heterocycles. The molecule has 4 aromatic rings. The van der Waals surface area contributed by atoms with Crippen LogP contribution in [-0.4, -0.2) is 25.2 Å². The number of aromatic nitrogens is 4. The highest BCUT2D eigenvalue weighted by Crippen LogP contribution is 2.25. The van der Waals surface area contributed by atoms with Gasteiger partial charge in [0.2, 0.25) is 0 Å². The van der Waals surface area contributed by atoms with Gasteiger partial charge in [0.25, 0.3) is 11.5 Å². The number of aryl methyl sites for hydroxylation is 3. The molecule has 0 bridgehead atoms. The van der Waals surface area contributed by atoms with Crippen LogP contribution in [0.1, 0.15) is 29.2 Å². The average molecular weight is 399 g/mol. The summed E-state index contributed by atoms with van der Waals surface area (Å²) in [5.74, 6) is 0.759. The van der Waals surface area contributed by atoms with Gasteiger partial charge in [-0.2, -0.15) is 5.10 Å². The van der Waals surface area contributed by atoms with E-state index in [0.717, 1.165) is 30.0 Å². The maximum atomic E-state index is 13.0. The average Bonchev–Trinajstić information content (AvgIpc) is 3.21. The largest absolute Gasteiger partial charge is 0.334 e. The number of rotatable bonds is 3. The Hall–Kier alpha value is -3.74. The van der Waals surface area contributed by atoms with E-state index in [1.165, 1.54) is 17.5 Å². The minimum Gasteiger partial charge on any atom is -0.334 e. The van der Waals surface area contributed by atoms with Crippen molar-refractivity contribution in [2.75, 3.05) is 5.32 Å². The van der Waals surface area contributed by atoms with E-state index in [1.54, 1.807) is 31.3 Å². The number of carbonyl (C=O) groups excluding carboxylic acids is 1. The molecule has 1 aliphatic rings. The van der Waals surface area contributed by atoms with Crippen LogP contribution in [0.2, 0.25) is 0 Å². The molecule has 30 heavy (non-hydrogen) atoms. The summed E-state index contributed by atoms with van der Waals surface area (Å²) >= 11 is 0. The molecule has 1 N–H and O–H groups in total. The van der Waals surface area contributed by atoms with Crippen molar-refractivity contribution in [3.63, 3.8) is 0 Å². The van der Waals surface area contributed by atoms with Crippen molar-refractivity contribution in [1.82, 2.24) is 19.3 Å². The van der Waals surface area contributed by atoms with E-state index >= 15 is 0 Å². The van der Waals surface area contributed by atoms with Gasteiger partial charge in [-0.15, -0.1) is 0 Å². The van der Waals surface area contributed by atoms with Crippen molar-refractivity contribution in [2.45, 2.75) is 25.8 Å². The molecule has 2 aromatic heterocycles. The maximum Gasteiger partial charge on any atom is 0.276 e. The van der Waals surface area contributed by atoms with Crippen LogP contribution in [0, 0.1) is 0 Å². The highest BCUT2D eigenvalue weighted by Gasteiger charge is 2.17. The first-order valence-corrected chi connectivity index (χ1v) is 10.0. The second-order valence-electron chi connectivity index (χ2n) is 7.55. The lowest BCUT2D eigenvalue weighted by Gasteiger charge is -2.11. The van der Waals surface area contributed by atoms with Crippen molar-refractivity contribution < 1.29 is 4.79 Å². The maximum absolute atomic E-state index is 13.0. The van der Waals surface area contributed by atoms with Crippen molar-refractivity contribution >= 4 is 22.4 Å². The van der Waals surface area contributed by atoms with Gasteiger partial charge in [-0.05, 0) is 31.0 Å². The first-order chi connectivity index (χ1) is 14.6. The fraction of sp³-hybridized carbons (Fsp3) is 0.217. The second kappa shape index (κ2) is 7.26. The molecule has 0 radical (unpaired) electrons. The van der Waals surface area contributed by atoms with Crippen molar-refractivity contribution in [2.24, 2.45) is 7.05 Å². The highest BCUT2D eigenvalue weighted by molar-refractivity contribution is 6.11. The molecule has 5 rings (SSSR count). The van der Waals surface area contributed by atoms with Gasteiger partial charge in [-0.3, -0.25) is 9.59 Å². The van der Waals surface area contributed by atoms with Gasteiger partial charge in [0.1, 0.15) is 5.82 Å². The van der Waals surface area contributed by atoms with Crippen LogP contribution in [0.15, 0.2) is 59.5 Å². The third-order valence-electron chi connectivity index (χ3n) is 5.50. The Balaban J connectivity index is 1.47. The standard InChI is InChI=1S/C23H21N5O2/c1-27-23(30)18-10-3-2-9-17(18)21(26-27)22(29)24-16-8-6-7-15(13-16)19-14-28-12-5-4-11-20(28)25-19/h2-3,6-10,13-14H,4-5,11-12H2,1H3,(H,24,29). The summed E-state index contributed by atoms with van der Waals surface area (Å²) in [6.07, 6.45) is 5.44. The summed E-state index contributed by atoms with van der Waals surface area (Å²) < 4.78 is 3.41. The predicted octanol–water partition coefficient (Wildman–Crippen LogP) is 3.39. The van der Waals surface area contributed by atoms with E-state index in [4.69, 9.17) is 4.98 Å². The lowest BCUT2D eigenvalue weighted by molar-refractivity contribution is 0.102. The summed E-state index contributed by atoms with van der Waals surface area (Å²) in [5.41, 5.74) is 2.51. The molecule has 0 unspecified atom stereocenters. The van der Waals surface area contributed by atoms with Crippen LogP contribution in [0.4, 0.5) is 5.69 Å². The Kier molecular flexibility index (Phi) is 4.43. The molecule has 1 amide bonds. The number of amides is 1. The lowest BCUT2D eigenvalue weighted by atomic mass is 10.1. The SMILES string of the molecule is Cn1nc(C(=O)Nc2cccc(-c3cn4c(n3)CCCC4)c2)c2ccccc2c1=O. The number of nitrogens with zero attached hydrogens (tertiary/aromatic N) is 4. The summed E-state index contributed by atoms with van der Waals surface area (Å²) in [5, 5.41) is 8.12. The number of anilines is 1. The zero-order chi connectivity index (χ0) is 20.7. The Morgan fingerprint density at radius 2 is 1.90 bits per heavy atom. The zero-order valence-corrected chi connectivity index (χ0v) is 16.6. The van der Waals surface area contributed by atoms with Gasteiger partial charge in [-0.1, -0.05) is 30.3 Å². The van der Waals surface area contributed by atoms with Crippen molar-refractivity contribution in [1.29, 1.82) is 0 Å². The number of nitrogens with one attached hydrogen (secondary N) is 1. The minimum absolute atomic E-state index is 0.218. The zero-order valence-electron chi connectivity index (χ0n) is 16.6. The van der Waals surface area contributed by atoms with E-state index in [1.807, 2.05) is 24.3 Å².